The highest BCUT2D eigenvalue weighted by Gasteiger charge is 2.45. The van der Waals surface area contributed by atoms with E-state index in [1.54, 1.807) is 0 Å². The lowest BCUT2D eigenvalue weighted by atomic mass is 10.0. The second kappa shape index (κ2) is 2.96. The zero-order chi connectivity index (χ0) is 8.84. The third-order valence-electron chi connectivity index (χ3n) is 4.42. The number of fused-ring (bicyclic) bond motifs is 2. The molecule has 3 aliphatic rings. The van der Waals surface area contributed by atoms with E-state index in [9.17, 15) is 0 Å². The fourth-order valence-electron chi connectivity index (χ4n) is 3.83. The first-order valence-electron chi connectivity index (χ1n) is 5.89. The van der Waals surface area contributed by atoms with Gasteiger partial charge in [0.15, 0.2) is 0 Å². The molecule has 3 rings (SSSR count). The minimum absolute atomic E-state index is 0.487. The number of rotatable bonds is 1. The molecule has 2 N–H and O–H groups in total. The molecule has 2 atom stereocenters. The number of hydrogen-bond donors (Lipinski definition) is 1. The summed E-state index contributed by atoms with van der Waals surface area (Å²) in [5.74, 6) is 0. The van der Waals surface area contributed by atoms with Gasteiger partial charge in [0.1, 0.15) is 0 Å². The van der Waals surface area contributed by atoms with Gasteiger partial charge < -0.3 is 5.73 Å². The fraction of sp³-hybridized carbons (Fsp3) is 1.00. The van der Waals surface area contributed by atoms with Crippen molar-refractivity contribution < 1.29 is 0 Å². The topological polar surface area (TPSA) is 29.3 Å². The Morgan fingerprint density at radius 2 is 1.46 bits per heavy atom. The Morgan fingerprint density at radius 3 is 1.92 bits per heavy atom. The van der Waals surface area contributed by atoms with E-state index in [2.05, 4.69) is 4.90 Å². The Kier molecular flexibility index (Phi) is 1.88. The summed E-state index contributed by atoms with van der Waals surface area (Å²) < 4.78 is 0. The zero-order valence-electron chi connectivity index (χ0n) is 8.28. The molecule has 0 radical (unpaired) electrons. The molecule has 1 saturated carbocycles. The van der Waals surface area contributed by atoms with Crippen LogP contribution in [0.15, 0.2) is 0 Å². The molecule has 2 nitrogen and oxygen atoms in total. The molecule has 0 aromatic rings. The lowest BCUT2D eigenvalue weighted by Crippen LogP contribution is -2.46. The van der Waals surface area contributed by atoms with Gasteiger partial charge in [-0.3, -0.25) is 4.90 Å². The minimum atomic E-state index is 0.487. The lowest BCUT2D eigenvalue weighted by Gasteiger charge is -2.31. The van der Waals surface area contributed by atoms with Crippen molar-refractivity contribution in [3.63, 3.8) is 0 Å². The van der Waals surface area contributed by atoms with Crippen LogP contribution in [0.3, 0.4) is 0 Å². The van der Waals surface area contributed by atoms with E-state index in [0.717, 1.165) is 18.1 Å². The quantitative estimate of drug-likeness (QED) is 0.662. The molecule has 74 valence electrons. The highest BCUT2D eigenvalue weighted by Crippen LogP contribution is 2.42. The van der Waals surface area contributed by atoms with Crippen LogP contribution >= 0.6 is 0 Å². The Morgan fingerprint density at radius 1 is 0.846 bits per heavy atom. The van der Waals surface area contributed by atoms with Gasteiger partial charge in [-0.1, -0.05) is 6.42 Å². The summed E-state index contributed by atoms with van der Waals surface area (Å²) in [6.07, 6.45) is 9.81. The highest BCUT2D eigenvalue weighted by atomic mass is 15.3. The molecule has 3 fully saturated rings. The normalized spacial score (nSPS) is 50.5. The lowest BCUT2D eigenvalue weighted by molar-refractivity contribution is 0.165. The van der Waals surface area contributed by atoms with Crippen molar-refractivity contribution in [2.45, 2.75) is 69.1 Å². The number of nitrogens with zero attached hydrogens (tertiary/aromatic N) is 1. The molecule has 0 spiro atoms. The van der Waals surface area contributed by atoms with Crippen molar-refractivity contribution in [1.82, 2.24) is 4.90 Å². The fourth-order valence-corrected chi connectivity index (χ4v) is 3.83. The van der Waals surface area contributed by atoms with Crippen molar-refractivity contribution in [3.8, 4) is 0 Å². The maximum Gasteiger partial charge on any atom is 0.0253 e. The SMILES string of the molecule is NC1CCCC1N1C2CCC1CC2. The first-order valence-corrected chi connectivity index (χ1v) is 5.89. The van der Waals surface area contributed by atoms with Crippen LogP contribution in [-0.4, -0.2) is 29.1 Å². The Labute approximate surface area is 80.5 Å². The third-order valence-corrected chi connectivity index (χ3v) is 4.42. The summed E-state index contributed by atoms with van der Waals surface area (Å²) in [7, 11) is 0. The predicted octanol–water partition coefficient (Wildman–Crippen LogP) is 1.49. The molecular weight excluding hydrogens is 160 g/mol. The van der Waals surface area contributed by atoms with E-state index in [0.29, 0.717) is 6.04 Å². The molecule has 2 bridgehead atoms. The molecule has 0 amide bonds. The van der Waals surface area contributed by atoms with E-state index in [1.807, 2.05) is 0 Å². The molecule has 1 aliphatic carbocycles. The smallest absolute Gasteiger partial charge is 0.0253 e. The van der Waals surface area contributed by atoms with Crippen LogP contribution in [0.4, 0.5) is 0 Å². The van der Waals surface area contributed by atoms with Gasteiger partial charge in [0.2, 0.25) is 0 Å². The summed E-state index contributed by atoms with van der Waals surface area (Å²) in [4.78, 5) is 2.79. The van der Waals surface area contributed by atoms with Gasteiger partial charge in [-0.2, -0.15) is 0 Å². The minimum Gasteiger partial charge on any atom is -0.326 e. The molecule has 2 heterocycles. The van der Waals surface area contributed by atoms with E-state index in [1.165, 1.54) is 44.9 Å². The summed E-state index contributed by atoms with van der Waals surface area (Å²) in [5, 5.41) is 0. The van der Waals surface area contributed by atoms with Crippen LogP contribution in [0.5, 0.6) is 0 Å². The van der Waals surface area contributed by atoms with Crippen LogP contribution < -0.4 is 5.73 Å². The summed E-state index contributed by atoms with van der Waals surface area (Å²) in [6.45, 7) is 0. The molecule has 2 saturated heterocycles. The predicted molar refractivity (Wildman–Crippen MR) is 53.5 cm³/mol. The largest absolute Gasteiger partial charge is 0.326 e. The van der Waals surface area contributed by atoms with E-state index in [4.69, 9.17) is 5.73 Å². The van der Waals surface area contributed by atoms with Gasteiger partial charge in [0, 0.05) is 24.2 Å². The third kappa shape index (κ3) is 1.15. The van der Waals surface area contributed by atoms with E-state index >= 15 is 0 Å². The molecule has 2 aliphatic heterocycles. The van der Waals surface area contributed by atoms with Crippen LogP contribution in [0.1, 0.15) is 44.9 Å². The summed E-state index contributed by atoms with van der Waals surface area (Å²) >= 11 is 0. The monoisotopic (exact) mass is 180 g/mol. The van der Waals surface area contributed by atoms with Gasteiger partial charge >= 0.3 is 0 Å². The molecule has 2 unspecified atom stereocenters. The van der Waals surface area contributed by atoms with Crippen LogP contribution in [0, 0.1) is 0 Å². The van der Waals surface area contributed by atoms with Gasteiger partial charge in [0.25, 0.3) is 0 Å². The Hall–Kier alpha value is -0.0800. The van der Waals surface area contributed by atoms with Gasteiger partial charge in [-0.25, -0.2) is 0 Å². The van der Waals surface area contributed by atoms with Crippen molar-refractivity contribution in [3.05, 3.63) is 0 Å². The zero-order valence-corrected chi connectivity index (χ0v) is 8.28. The van der Waals surface area contributed by atoms with Crippen molar-refractivity contribution >= 4 is 0 Å². The maximum absolute atomic E-state index is 6.17. The van der Waals surface area contributed by atoms with Crippen LogP contribution in [0.25, 0.3) is 0 Å². The van der Waals surface area contributed by atoms with Crippen LogP contribution in [0.2, 0.25) is 0 Å². The standard InChI is InChI=1S/C11H20N2/c12-10-2-1-3-11(10)13-8-4-5-9(13)7-6-8/h8-11H,1-7,12H2. The van der Waals surface area contributed by atoms with Crippen LogP contribution in [-0.2, 0) is 0 Å². The maximum atomic E-state index is 6.17. The summed E-state index contributed by atoms with van der Waals surface area (Å²) in [5.41, 5.74) is 6.17. The molecule has 0 aromatic heterocycles. The average molecular weight is 180 g/mol. The van der Waals surface area contributed by atoms with E-state index < -0.39 is 0 Å². The molecule has 2 heteroatoms. The van der Waals surface area contributed by atoms with Gasteiger partial charge in [0.05, 0.1) is 0 Å². The second-order valence-corrected chi connectivity index (χ2v) is 5.07. The van der Waals surface area contributed by atoms with Crippen molar-refractivity contribution in [2.24, 2.45) is 5.73 Å². The molecule has 0 aromatic carbocycles. The first-order chi connectivity index (χ1) is 6.36. The van der Waals surface area contributed by atoms with Gasteiger partial charge in [-0.15, -0.1) is 0 Å². The summed E-state index contributed by atoms with van der Waals surface area (Å²) in [6, 6.07) is 3.07. The molecule has 13 heavy (non-hydrogen) atoms. The van der Waals surface area contributed by atoms with Crippen molar-refractivity contribution in [2.75, 3.05) is 0 Å². The molecular formula is C11H20N2. The Balaban J connectivity index is 1.77. The first kappa shape index (κ1) is 8.25. The van der Waals surface area contributed by atoms with Crippen molar-refractivity contribution in [1.29, 1.82) is 0 Å². The average Bonchev–Trinajstić information content (AvgIpc) is 2.78. The number of hydrogen-bond acceptors (Lipinski definition) is 2. The highest BCUT2D eigenvalue weighted by molar-refractivity contribution is 5.02. The van der Waals surface area contributed by atoms with E-state index in [-0.39, 0.29) is 0 Å². The number of nitrogens with two attached hydrogens (primary N) is 1. The van der Waals surface area contributed by atoms with Gasteiger partial charge in [-0.05, 0) is 38.5 Å². The second-order valence-electron chi connectivity index (χ2n) is 5.07. The Bertz CT molecular complexity index is 184.